The van der Waals surface area contributed by atoms with E-state index in [0.29, 0.717) is 44.6 Å². The molecule has 7 nitrogen and oxygen atoms in total. The Bertz CT molecular complexity index is 1480. The third-order valence-corrected chi connectivity index (χ3v) is 9.52. The smallest absolute Gasteiger partial charge is 0.329 e. The number of esters is 1. The highest BCUT2D eigenvalue weighted by Crippen LogP contribution is 2.43. The molecule has 0 spiro atoms. The molecule has 0 radical (unpaired) electrons. The standard InChI is InChI=1S/C40H48N2O5/c1-3-4-26-46-30(2)28-40(23-11-12-24-40)39(45)41-35(27-31-19-21-34(22-20-31)33-16-9-6-10-17-33)37(43)42-25-13-18-36(42)38(44)47-29-32-14-7-5-8-15-32/h5-10,14-17,19-22,35-36H,2-4,11-13,18,23-29H2,1H3,(H,41,45)/t35-,36-/m0/s1. The molecular formula is C40H48N2O5. The number of nitrogens with zero attached hydrogens (tertiary/aromatic N) is 1. The van der Waals surface area contributed by atoms with E-state index >= 15 is 0 Å². The summed E-state index contributed by atoms with van der Waals surface area (Å²) < 4.78 is 11.6. The summed E-state index contributed by atoms with van der Waals surface area (Å²) in [5.41, 5.74) is 3.34. The number of benzene rings is 3. The molecule has 1 aliphatic carbocycles. The normalized spacial score (nSPS) is 17.6. The van der Waals surface area contributed by atoms with Crippen LogP contribution in [0.2, 0.25) is 0 Å². The summed E-state index contributed by atoms with van der Waals surface area (Å²) in [6.45, 7) is 7.42. The molecule has 248 valence electrons. The number of hydrogen-bond donors (Lipinski definition) is 1. The average molecular weight is 637 g/mol. The Morgan fingerprint density at radius 1 is 0.872 bits per heavy atom. The Morgan fingerprint density at radius 3 is 2.21 bits per heavy atom. The second kappa shape index (κ2) is 16.4. The molecule has 2 atom stereocenters. The first-order valence-electron chi connectivity index (χ1n) is 17.2. The highest BCUT2D eigenvalue weighted by molar-refractivity contribution is 5.93. The van der Waals surface area contributed by atoms with Crippen molar-refractivity contribution in [2.24, 2.45) is 5.41 Å². The van der Waals surface area contributed by atoms with Gasteiger partial charge < -0.3 is 19.7 Å². The van der Waals surface area contributed by atoms with Crippen molar-refractivity contribution in [3.05, 3.63) is 108 Å². The number of likely N-dealkylation sites (tertiary alicyclic amines) is 1. The van der Waals surface area contributed by atoms with E-state index in [1.165, 1.54) is 0 Å². The van der Waals surface area contributed by atoms with E-state index in [1.807, 2.05) is 72.8 Å². The third kappa shape index (κ3) is 8.91. The van der Waals surface area contributed by atoms with Gasteiger partial charge in [0.2, 0.25) is 11.8 Å². The summed E-state index contributed by atoms with van der Waals surface area (Å²) in [6, 6.07) is 26.3. The van der Waals surface area contributed by atoms with Crippen LogP contribution in [0.3, 0.4) is 0 Å². The molecular weight excluding hydrogens is 588 g/mol. The predicted molar refractivity (Wildman–Crippen MR) is 184 cm³/mol. The topological polar surface area (TPSA) is 84.9 Å². The van der Waals surface area contributed by atoms with Crippen molar-refractivity contribution >= 4 is 17.8 Å². The quantitative estimate of drug-likeness (QED) is 0.107. The average Bonchev–Trinajstić information content (AvgIpc) is 3.79. The van der Waals surface area contributed by atoms with Crippen LogP contribution in [-0.4, -0.2) is 47.9 Å². The fourth-order valence-corrected chi connectivity index (χ4v) is 6.84. The number of ether oxygens (including phenoxy) is 2. The van der Waals surface area contributed by atoms with Crippen molar-refractivity contribution in [1.29, 1.82) is 0 Å². The molecule has 5 rings (SSSR count). The van der Waals surface area contributed by atoms with Crippen molar-refractivity contribution < 1.29 is 23.9 Å². The number of amides is 2. The zero-order valence-corrected chi connectivity index (χ0v) is 27.6. The van der Waals surface area contributed by atoms with E-state index in [1.54, 1.807) is 4.90 Å². The summed E-state index contributed by atoms with van der Waals surface area (Å²) >= 11 is 0. The lowest BCUT2D eigenvalue weighted by atomic mass is 9.80. The number of carbonyl (C=O) groups is 3. The third-order valence-electron chi connectivity index (χ3n) is 9.52. The van der Waals surface area contributed by atoms with Gasteiger partial charge in [0.1, 0.15) is 18.7 Å². The Balaban J connectivity index is 1.34. The number of carbonyl (C=O) groups excluding carboxylic acids is 3. The molecule has 0 bridgehead atoms. The Hall–Kier alpha value is -4.39. The maximum Gasteiger partial charge on any atom is 0.329 e. The maximum atomic E-state index is 14.3. The fourth-order valence-electron chi connectivity index (χ4n) is 6.84. The van der Waals surface area contributed by atoms with E-state index in [-0.39, 0.29) is 18.4 Å². The minimum absolute atomic E-state index is 0.142. The van der Waals surface area contributed by atoms with E-state index < -0.39 is 23.5 Å². The number of hydrogen-bond acceptors (Lipinski definition) is 5. The zero-order chi connectivity index (χ0) is 33.1. The molecule has 1 saturated carbocycles. The second-order valence-corrected chi connectivity index (χ2v) is 13.0. The van der Waals surface area contributed by atoms with Crippen LogP contribution in [0.15, 0.2) is 97.3 Å². The maximum absolute atomic E-state index is 14.3. The lowest BCUT2D eigenvalue weighted by molar-refractivity contribution is -0.155. The van der Waals surface area contributed by atoms with Crippen molar-refractivity contribution in [3.8, 4) is 11.1 Å². The summed E-state index contributed by atoms with van der Waals surface area (Å²) in [5.74, 6) is -0.187. The van der Waals surface area contributed by atoms with Crippen LogP contribution in [0.1, 0.15) is 75.8 Å². The molecule has 0 unspecified atom stereocenters. The van der Waals surface area contributed by atoms with E-state index in [4.69, 9.17) is 9.47 Å². The monoisotopic (exact) mass is 636 g/mol. The highest BCUT2D eigenvalue weighted by Gasteiger charge is 2.45. The molecule has 1 aliphatic heterocycles. The van der Waals surface area contributed by atoms with Gasteiger partial charge in [0.25, 0.3) is 0 Å². The summed E-state index contributed by atoms with van der Waals surface area (Å²) in [7, 11) is 0. The van der Waals surface area contributed by atoms with Crippen molar-refractivity contribution in [2.75, 3.05) is 13.2 Å². The molecule has 3 aromatic carbocycles. The van der Waals surface area contributed by atoms with Gasteiger partial charge in [-0.2, -0.15) is 0 Å². The van der Waals surface area contributed by atoms with Crippen LogP contribution in [0.5, 0.6) is 0 Å². The molecule has 0 aromatic heterocycles. The molecule has 1 saturated heterocycles. The number of rotatable bonds is 15. The minimum atomic E-state index is -0.834. The summed E-state index contributed by atoms with van der Waals surface area (Å²) in [4.78, 5) is 43.4. The molecule has 2 aliphatic rings. The first-order valence-corrected chi connectivity index (χ1v) is 17.2. The van der Waals surface area contributed by atoms with Crippen LogP contribution in [0.25, 0.3) is 11.1 Å². The van der Waals surface area contributed by atoms with E-state index in [0.717, 1.165) is 60.8 Å². The van der Waals surface area contributed by atoms with Gasteiger partial charge in [0, 0.05) is 19.4 Å². The summed E-state index contributed by atoms with van der Waals surface area (Å²) in [5, 5.41) is 3.18. The number of unbranched alkanes of at least 4 members (excludes halogenated alkanes) is 1. The van der Waals surface area contributed by atoms with Gasteiger partial charge in [0.15, 0.2) is 0 Å². The number of allylic oxidation sites excluding steroid dienone is 1. The Labute approximate surface area is 279 Å². The molecule has 1 N–H and O–H groups in total. The molecule has 3 aromatic rings. The van der Waals surface area contributed by atoms with Crippen molar-refractivity contribution in [1.82, 2.24) is 10.2 Å². The SMILES string of the molecule is C=C(CC1(C(=O)N[C@@H](Cc2ccc(-c3ccccc3)cc2)C(=O)N2CCC[C@H]2C(=O)OCc2ccccc2)CCCC1)OCCCC. The lowest BCUT2D eigenvalue weighted by Crippen LogP contribution is -2.55. The van der Waals surface area contributed by atoms with Gasteiger partial charge >= 0.3 is 5.97 Å². The van der Waals surface area contributed by atoms with Crippen molar-refractivity contribution in [2.45, 2.75) is 89.8 Å². The first kappa shape index (κ1) is 34.0. The largest absolute Gasteiger partial charge is 0.499 e. The minimum Gasteiger partial charge on any atom is -0.499 e. The number of nitrogens with one attached hydrogen (secondary N) is 1. The molecule has 2 fully saturated rings. The summed E-state index contributed by atoms with van der Waals surface area (Å²) in [6.07, 6.45) is 7.26. The van der Waals surface area contributed by atoms with Crippen LogP contribution in [0.4, 0.5) is 0 Å². The van der Waals surface area contributed by atoms with Crippen LogP contribution in [-0.2, 0) is 36.9 Å². The van der Waals surface area contributed by atoms with Crippen molar-refractivity contribution in [3.63, 3.8) is 0 Å². The first-order chi connectivity index (χ1) is 22.9. The van der Waals surface area contributed by atoms with Crippen LogP contribution < -0.4 is 5.32 Å². The zero-order valence-electron chi connectivity index (χ0n) is 27.6. The van der Waals surface area contributed by atoms with Crippen LogP contribution in [0, 0.1) is 5.41 Å². The van der Waals surface area contributed by atoms with Crippen LogP contribution >= 0.6 is 0 Å². The van der Waals surface area contributed by atoms with E-state index in [9.17, 15) is 14.4 Å². The predicted octanol–water partition coefficient (Wildman–Crippen LogP) is 7.40. The lowest BCUT2D eigenvalue weighted by Gasteiger charge is -2.33. The van der Waals surface area contributed by atoms with E-state index in [2.05, 4.69) is 31.0 Å². The molecule has 47 heavy (non-hydrogen) atoms. The van der Waals surface area contributed by atoms with Gasteiger partial charge in [-0.3, -0.25) is 9.59 Å². The van der Waals surface area contributed by atoms with Gasteiger partial charge in [-0.25, -0.2) is 4.79 Å². The Morgan fingerprint density at radius 2 is 1.53 bits per heavy atom. The fraction of sp³-hybridized carbons (Fsp3) is 0.425. The molecule has 7 heteroatoms. The molecule has 2 amide bonds. The van der Waals surface area contributed by atoms with Gasteiger partial charge in [-0.15, -0.1) is 0 Å². The van der Waals surface area contributed by atoms with Gasteiger partial charge in [-0.05, 0) is 54.4 Å². The second-order valence-electron chi connectivity index (χ2n) is 13.0. The molecule has 1 heterocycles. The van der Waals surface area contributed by atoms with Gasteiger partial charge in [0.05, 0.1) is 17.8 Å². The van der Waals surface area contributed by atoms with Gasteiger partial charge in [-0.1, -0.05) is 118 Å². The highest BCUT2D eigenvalue weighted by atomic mass is 16.5. The Kier molecular flexibility index (Phi) is 11.9.